The van der Waals surface area contributed by atoms with Crippen molar-refractivity contribution in [3.63, 3.8) is 0 Å². The lowest BCUT2D eigenvalue weighted by Gasteiger charge is -2.10. The highest BCUT2D eigenvalue weighted by Crippen LogP contribution is 2.16. The van der Waals surface area contributed by atoms with E-state index in [0.29, 0.717) is 0 Å². The molecule has 0 N–H and O–H groups in total. The van der Waals surface area contributed by atoms with Gasteiger partial charge in [0.15, 0.2) is 0 Å². The van der Waals surface area contributed by atoms with Gasteiger partial charge in [-0.05, 0) is 11.5 Å². The average molecular weight is 176 g/mol. The molecule has 0 atom stereocenters. The van der Waals surface area contributed by atoms with Crippen LogP contribution in [0.2, 0.25) is 0 Å². The van der Waals surface area contributed by atoms with E-state index in [0.717, 1.165) is 5.69 Å². The summed E-state index contributed by atoms with van der Waals surface area (Å²) in [6, 6.07) is 0. The highest BCUT2D eigenvalue weighted by Gasteiger charge is 2.04. The van der Waals surface area contributed by atoms with Crippen molar-refractivity contribution >= 4 is 12.3 Å². The Bertz CT molecular complexity index is 313. The van der Waals surface area contributed by atoms with Crippen LogP contribution in [0.1, 0.15) is 26.5 Å². The van der Waals surface area contributed by atoms with Crippen molar-refractivity contribution in [2.24, 2.45) is 5.41 Å². The molecule has 0 radical (unpaired) electrons. The van der Waals surface area contributed by atoms with Crippen molar-refractivity contribution in [3.8, 4) is 0 Å². The average Bonchev–Trinajstić information content (AvgIpc) is 2.46. The fourth-order valence-electron chi connectivity index (χ4n) is 0.932. The molecule has 0 saturated heterocycles. The van der Waals surface area contributed by atoms with Crippen LogP contribution in [0.4, 0.5) is 0 Å². The Hall–Kier alpha value is -1.31. The van der Waals surface area contributed by atoms with Crippen LogP contribution in [0.5, 0.6) is 0 Å². The van der Waals surface area contributed by atoms with E-state index >= 15 is 0 Å². The smallest absolute Gasteiger partial charge is 0.0991 e. The van der Waals surface area contributed by atoms with Gasteiger partial charge in [0, 0.05) is 6.20 Å². The summed E-state index contributed by atoms with van der Waals surface area (Å²) in [5, 5.41) is 0. The third-order valence-electron chi connectivity index (χ3n) is 1.65. The number of allylic oxidation sites excluding steroid dienone is 1. The van der Waals surface area contributed by atoms with Crippen molar-refractivity contribution < 1.29 is 0 Å². The molecule has 1 heterocycles. The van der Waals surface area contributed by atoms with Gasteiger partial charge in [-0.3, -0.25) is 0 Å². The molecule has 0 amide bonds. The first-order valence-electron chi connectivity index (χ1n) is 4.36. The largest absolute Gasteiger partial charge is 0.307 e. The maximum Gasteiger partial charge on any atom is 0.0991 e. The summed E-state index contributed by atoms with van der Waals surface area (Å²) in [4.78, 5) is 4.03. The molecule has 70 valence electrons. The van der Waals surface area contributed by atoms with Gasteiger partial charge in [0.1, 0.15) is 0 Å². The standard InChI is InChI=1S/C11H16N2/c1-5-13-9-12-8-10(13)6-7-11(2,3)4/h5-9H,1H2,2-4H3/b7-6+. The van der Waals surface area contributed by atoms with Crippen LogP contribution in [0.3, 0.4) is 0 Å². The third kappa shape index (κ3) is 2.90. The monoisotopic (exact) mass is 176 g/mol. The van der Waals surface area contributed by atoms with E-state index in [-0.39, 0.29) is 5.41 Å². The first-order valence-corrected chi connectivity index (χ1v) is 4.36. The Morgan fingerprint density at radius 1 is 1.46 bits per heavy atom. The minimum absolute atomic E-state index is 0.205. The minimum Gasteiger partial charge on any atom is -0.307 e. The first-order chi connectivity index (χ1) is 6.03. The molecule has 0 unspecified atom stereocenters. The lowest BCUT2D eigenvalue weighted by atomic mass is 9.96. The molecule has 0 spiro atoms. The molecule has 1 aromatic heterocycles. The van der Waals surface area contributed by atoms with Gasteiger partial charge in [0.25, 0.3) is 0 Å². The normalized spacial score (nSPS) is 12.2. The summed E-state index contributed by atoms with van der Waals surface area (Å²) in [5.74, 6) is 0. The molecule has 1 aromatic rings. The van der Waals surface area contributed by atoms with Gasteiger partial charge in [-0.25, -0.2) is 4.98 Å². The lowest BCUT2D eigenvalue weighted by Crippen LogP contribution is -1.98. The van der Waals surface area contributed by atoms with Gasteiger partial charge in [0.05, 0.1) is 18.2 Å². The van der Waals surface area contributed by atoms with Crippen molar-refractivity contribution in [2.75, 3.05) is 0 Å². The van der Waals surface area contributed by atoms with Crippen molar-refractivity contribution in [2.45, 2.75) is 20.8 Å². The summed E-state index contributed by atoms with van der Waals surface area (Å²) in [7, 11) is 0. The number of imidazole rings is 1. The van der Waals surface area contributed by atoms with Crippen molar-refractivity contribution in [3.05, 3.63) is 30.9 Å². The number of rotatable bonds is 2. The van der Waals surface area contributed by atoms with E-state index < -0.39 is 0 Å². The topological polar surface area (TPSA) is 17.8 Å². The molecule has 2 heteroatoms. The maximum absolute atomic E-state index is 4.03. The molecule has 0 aliphatic heterocycles. The molecule has 0 aliphatic carbocycles. The fourth-order valence-corrected chi connectivity index (χ4v) is 0.932. The summed E-state index contributed by atoms with van der Waals surface area (Å²) in [6.07, 6.45) is 9.54. The van der Waals surface area contributed by atoms with Crippen LogP contribution in [0.15, 0.2) is 25.2 Å². The molecule has 0 fully saturated rings. The van der Waals surface area contributed by atoms with Crippen LogP contribution in [0.25, 0.3) is 12.3 Å². The van der Waals surface area contributed by atoms with Crippen molar-refractivity contribution in [1.29, 1.82) is 0 Å². The molecular weight excluding hydrogens is 160 g/mol. The Kier molecular flexibility index (Phi) is 2.71. The fraction of sp³-hybridized carbons (Fsp3) is 0.364. The highest BCUT2D eigenvalue weighted by molar-refractivity contribution is 5.48. The minimum atomic E-state index is 0.205. The zero-order chi connectivity index (χ0) is 9.90. The second-order valence-electron chi connectivity index (χ2n) is 4.11. The van der Waals surface area contributed by atoms with Crippen LogP contribution in [-0.4, -0.2) is 9.55 Å². The number of hydrogen-bond acceptors (Lipinski definition) is 1. The number of hydrogen-bond donors (Lipinski definition) is 0. The van der Waals surface area contributed by atoms with Gasteiger partial charge < -0.3 is 4.57 Å². The summed E-state index contributed by atoms with van der Waals surface area (Å²) >= 11 is 0. The summed E-state index contributed by atoms with van der Waals surface area (Å²) in [5.41, 5.74) is 1.26. The Labute approximate surface area is 79.6 Å². The second-order valence-corrected chi connectivity index (χ2v) is 4.11. The van der Waals surface area contributed by atoms with Crippen LogP contribution >= 0.6 is 0 Å². The number of aromatic nitrogens is 2. The number of nitrogens with zero attached hydrogens (tertiary/aromatic N) is 2. The van der Waals surface area contributed by atoms with Gasteiger partial charge in [-0.2, -0.15) is 0 Å². The molecule has 1 rings (SSSR count). The van der Waals surface area contributed by atoms with E-state index in [2.05, 4.69) is 44.5 Å². The van der Waals surface area contributed by atoms with Gasteiger partial charge in [-0.15, -0.1) is 0 Å². The molecular formula is C11H16N2. The van der Waals surface area contributed by atoms with E-state index in [1.807, 2.05) is 10.8 Å². The van der Waals surface area contributed by atoms with E-state index in [4.69, 9.17) is 0 Å². The quantitative estimate of drug-likeness (QED) is 0.677. The lowest BCUT2D eigenvalue weighted by molar-refractivity contribution is 0.547. The van der Waals surface area contributed by atoms with Gasteiger partial charge in [-0.1, -0.05) is 33.4 Å². The van der Waals surface area contributed by atoms with Gasteiger partial charge in [0.2, 0.25) is 0 Å². The molecule has 0 saturated carbocycles. The third-order valence-corrected chi connectivity index (χ3v) is 1.65. The van der Waals surface area contributed by atoms with E-state index in [9.17, 15) is 0 Å². The maximum atomic E-state index is 4.03. The zero-order valence-electron chi connectivity index (χ0n) is 8.49. The van der Waals surface area contributed by atoms with Crippen LogP contribution < -0.4 is 0 Å². The Balaban J connectivity index is 2.85. The molecule has 13 heavy (non-hydrogen) atoms. The van der Waals surface area contributed by atoms with Crippen molar-refractivity contribution in [1.82, 2.24) is 9.55 Å². The van der Waals surface area contributed by atoms with E-state index in [1.54, 1.807) is 12.5 Å². The first kappa shape index (κ1) is 9.78. The SMILES string of the molecule is C=Cn1cncc1/C=C/C(C)(C)C. The molecule has 0 bridgehead atoms. The Morgan fingerprint density at radius 2 is 2.15 bits per heavy atom. The summed E-state index contributed by atoms with van der Waals surface area (Å²) < 4.78 is 1.89. The highest BCUT2D eigenvalue weighted by atomic mass is 15.0. The van der Waals surface area contributed by atoms with E-state index in [1.165, 1.54) is 0 Å². The molecule has 0 aromatic carbocycles. The predicted octanol–water partition coefficient (Wildman–Crippen LogP) is 3.04. The predicted molar refractivity (Wildman–Crippen MR) is 57.1 cm³/mol. The Morgan fingerprint density at radius 3 is 2.69 bits per heavy atom. The molecule has 2 nitrogen and oxygen atoms in total. The summed E-state index contributed by atoms with van der Waals surface area (Å²) in [6.45, 7) is 10.2. The van der Waals surface area contributed by atoms with Gasteiger partial charge >= 0.3 is 0 Å². The van der Waals surface area contributed by atoms with Crippen LogP contribution in [0, 0.1) is 5.41 Å². The second kappa shape index (κ2) is 3.60. The zero-order valence-corrected chi connectivity index (χ0v) is 8.49. The van der Waals surface area contributed by atoms with Crippen LogP contribution in [-0.2, 0) is 0 Å². The molecule has 0 aliphatic rings.